The van der Waals surface area contributed by atoms with Crippen molar-refractivity contribution in [3.63, 3.8) is 0 Å². The Morgan fingerprint density at radius 1 is 1.12 bits per heavy atom. The molecule has 0 spiro atoms. The van der Waals surface area contributed by atoms with Crippen LogP contribution in [0.5, 0.6) is 5.75 Å². The molecule has 0 bridgehead atoms. The van der Waals surface area contributed by atoms with Gasteiger partial charge in [0.25, 0.3) is 0 Å². The lowest BCUT2D eigenvalue weighted by molar-refractivity contribution is -0.116. The van der Waals surface area contributed by atoms with Gasteiger partial charge in [-0.2, -0.15) is 0 Å². The van der Waals surface area contributed by atoms with Crippen LogP contribution in [0.1, 0.15) is 41.3 Å². The molecule has 0 heterocycles. The van der Waals surface area contributed by atoms with Crippen LogP contribution < -0.4 is 10.1 Å². The molecule has 2 N–H and O–H groups in total. The van der Waals surface area contributed by atoms with Gasteiger partial charge in [0.2, 0.25) is 5.91 Å². The number of carbonyl (C=O) groups is 2. The van der Waals surface area contributed by atoms with Crippen molar-refractivity contribution in [2.75, 3.05) is 11.9 Å². The predicted molar refractivity (Wildman–Crippen MR) is 97.3 cm³/mol. The maximum Gasteiger partial charge on any atom is 0.335 e. The molecule has 2 aromatic rings. The van der Waals surface area contributed by atoms with E-state index in [1.807, 2.05) is 38.1 Å². The Balaban J connectivity index is 2.05. The number of aryl methyl sites for hydroxylation is 2. The van der Waals surface area contributed by atoms with Crippen LogP contribution in [0.3, 0.4) is 0 Å². The minimum absolute atomic E-state index is 0.109. The average Bonchev–Trinajstić information content (AvgIpc) is 2.60. The Morgan fingerprint density at radius 3 is 2.48 bits per heavy atom. The minimum Gasteiger partial charge on any atom is -0.491 e. The van der Waals surface area contributed by atoms with Gasteiger partial charge in [-0.05, 0) is 43.5 Å². The summed E-state index contributed by atoms with van der Waals surface area (Å²) in [4.78, 5) is 23.4. The number of carboxylic acid groups (broad SMARTS) is 1. The Kier molecular flexibility index (Phi) is 6.57. The Morgan fingerprint density at radius 2 is 1.84 bits per heavy atom. The summed E-state index contributed by atoms with van der Waals surface area (Å²) in [5.41, 5.74) is 2.76. The van der Waals surface area contributed by atoms with Crippen LogP contribution in [-0.4, -0.2) is 23.6 Å². The first-order valence-corrected chi connectivity index (χ1v) is 8.35. The van der Waals surface area contributed by atoms with Gasteiger partial charge >= 0.3 is 5.97 Å². The molecule has 5 nitrogen and oxygen atoms in total. The molecule has 1 amide bonds. The average molecular weight is 341 g/mol. The molecular formula is C20H23NO4. The molecule has 0 saturated carbocycles. The number of rotatable bonds is 8. The minimum atomic E-state index is -1.04. The van der Waals surface area contributed by atoms with Gasteiger partial charge in [-0.1, -0.05) is 36.8 Å². The number of benzene rings is 2. The lowest BCUT2D eigenvalue weighted by Crippen LogP contribution is -2.14. The van der Waals surface area contributed by atoms with Crippen molar-refractivity contribution in [2.45, 2.75) is 33.1 Å². The normalized spacial score (nSPS) is 10.3. The number of amides is 1. The quantitative estimate of drug-likeness (QED) is 0.759. The van der Waals surface area contributed by atoms with E-state index >= 15 is 0 Å². The number of hydrogen-bond acceptors (Lipinski definition) is 3. The van der Waals surface area contributed by atoms with Crippen LogP contribution in [0.4, 0.5) is 5.69 Å². The fourth-order valence-corrected chi connectivity index (χ4v) is 2.32. The second kappa shape index (κ2) is 8.87. The highest BCUT2D eigenvalue weighted by molar-refractivity contribution is 5.95. The van der Waals surface area contributed by atoms with E-state index in [1.54, 1.807) is 6.07 Å². The zero-order valence-corrected chi connectivity index (χ0v) is 14.5. The predicted octanol–water partition coefficient (Wildman–Crippen LogP) is 4.05. The van der Waals surface area contributed by atoms with Crippen LogP contribution in [-0.2, 0) is 11.2 Å². The van der Waals surface area contributed by atoms with E-state index in [4.69, 9.17) is 9.84 Å². The molecule has 0 atom stereocenters. The summed E-state index contributed by atoms with van der Waals surface area (Å²) in [7, 11) is 0. The zero-order chi connectivity index (χ0) is 18.2. The van der Waals surface area contributed by atoms with Crippen molar-refractivity contribution in [1.29, 1.82) is 0 Å². The van der Waals surface area contributed by atoms with E-state index in [-0.39, 0.29) is 11.5 Å². The highest BCUT2D eigenvalue weighted by atomic mass is 16.5. The molecule has 0 radical (unpaired) electrons. The maximum atomic E-state index is 12.2. The summed E-state index contributed by atoms with van der Waals surface area (Å²) >= 11 is 0. The number of nitrogens with one attached hydrogen (secondary N) is 1. The van der Waals surface area contributed by atoms with Crippen LogP contribution in [0.2, 0.25) is 0 Å². The van der Waals surface area contributed by atoms with Crippen molar-refractivity contribution in [3.8, 4) is 5.75 Å². The molecule has 0 aliphatic carbocycles. The summed E-state index contributed by atoms with van der Waals surface area (Å²) in [5.74, 6) is -0.739. The first-order chi connectivity index (χ1) is 12.0. The number of anilines is 1. The van der Waals surface area contributed by atoms with Gasteiger partial charge in [0.1, 0.15) is 5.75 Å². The fraction of sp³-hybridized carbons (Fsp3) is 0.300. The first kappa shape index (κ1) is 18.5. The van der Waals surface area contributed by atoms with Crippen molar-refractivity contribution < 1.29 is 19.4 Å². The lowest BCUT2D eigenvalue weighted by Gasteiger charge is -2.13. The van der Waals surface area contributed by atoms with Crippen LogP contribution >= 0.6 is 0 Å². The maximum absolute atomic E-state index is 12.2. The van der Waals surface area contributed by atoms with E-state index in [0.29, 0.717) is 30.9 Å². The van der Waals surface area contributed by atoms with E-state index in [0.717, 1.165) is 12.0 Å². The summed E-state index contributed by atoms with van der Waals surface area (Å²) in [5, 5.41) is 11.9. The molecule has 0 fully saturated rings. The van der Waals surface area contributed by atoms with Crippen molar-refractivity contribution in [1.82, 2.24) is 0 Å². The Hall–Kier alpha value is -2.82. The van der Waals surface area contributed by atoms with E-state index in [2.05, 4.69) is 5.32 Å². The summed E-state index contributed by atoms with van der Waals surface area (Å²) in [6, 6.07) is 12.5. The van der Waals surface area contributed by atoms with E-state index < -0.39 is 5.97 Å². The molecule has 25 heavy (non-hydrogen) atoms. The van der Waals surface area contributed by atoms with Gasteiger partial charge in [-0.15, -0.1) is 0 Å². The van der Waals surface area contributed by atoms with Crippen LogP contribution in [0.15, 0.2) is 42.5 Å². The van der Waals surface area contributed by atoms with Crippen LogP contribution in [0, 0.1) is 6.92 Å². The topological polar surface area (TPSA) is 75.6 Å². The van der Waals surface area contributed by atoms with Crippen molar-refractivity contribution in [2.24, 2.45) is 0 Å². The molecule has 2 rings (SSSR count). The molecule has 0 aliphatic heterocycles. The van der Waals surface area contributed by atoms with E-state index in [1.165, 1.54) is 17.7 Å². The van der Waals surface area contributed by atoms with Gasteiger partial charge in [0, 0.05) is 6.42 Å². The van der Waals surface area contributed by atoms with Crippen LogP contribution in [0.25, 0.3) is 0 Å². The lowest BCUT2D eigenvalue weighted by atomic mass is 10.1. The van der Waals surface area contributed by atoms with E-state index in [9.17, 15) is 9.59 Å². The number of hydrogen-bond donors (Lipinski definition) is 2. The second-order valence-corrected chi connectivity index (χ2v) is 5.90. The second-order valence-electron chi connectivity index (χ2n) is 5.90. The Labute approximate surface area is 147 Å². The third-order valence-corrected chi connectivity index (χ3v) is 3.72. The van der Waals surface area contributed by atoms with Crippen molar-refractivity contribution in [3.05, 3.63) is 59.2 Å². The smallest absolute Gasteiger partial charge is 0.335 e. The molecular weight excluding hydrogens is 318 g/mol. The summed E-state index contributed by atoms with van der Waals surface area (Å²) in [6.07, 6.45) is 1.75. The zero-order valence-electron chi connectivity index (χ0n) is 14.5. The highest BCUT2D eigenvalue weighted by Crippen LogP contribution is 2.26. The molecule has 0 aliphatic rings. The van der Waals surface area contributed by atoms with Crippen molar-refractivity contribution >= 4 is 17.6 Å². The third-order valence-electron chi connectivity index (χ3n) is 3.72. The molecule has 2 aromatic carbocycles. The fourth-order valence-electron chi connectivity index (χ4n) is 2.32. The molecule has 5 heteroatoms. The first-order valence-electron chi connectivity index (χ1n) is 8.35. The third kappa shape index (κ3) is 5.64. The molecule has 0 unspecified atom stereocenters. The highest BCUT2D eigenvalue weighted by Gasteiger charge is 2.12. The van der Waals surface area contributed by atoms with Gasteiger partial charge in [-0.25, -0.2) is 4.79 Å². The molecule has 132 valence electrons. The largest absolute Gasteiger partial charge is 0.491 e. The number of carboxylic acids is 1. The standard InChI is InChI=1S/C20H23NO4/c1-3-12-25-18-10-9-16(20(23)24)13-17(18)21-19(22)11-8-15-6-4-14(2)5-7-15/h4-7,9-10,13H,3,8,11-12H2,1-2H3,(H,21,22)(H,23,24). The molecule has 0 saturated heterocycles. The summed E-state index contributed by atoms with van der Waals surface area (Å²) in [6.45, 7) is 4.49. The van der Waals surface area contributed by atoms with Gasteiger partial charge < -0.3 is 15.2 Å². The van der Waals surface area contributed by atoms with Gasteiger partial charge in [0.15, 0.2) is 0 Å². The monoisotopic (exact) mass is 341 g/mol. The Bertz CT molecular complexity index is 738. The SMILES string of the molecule is CCCOc1ccc(C(=O)O)cc1NC(=O)CCc1ccc(C)cc1. The number of aromatic carboxylic acids is 1. The number of carbonyl (C=O) groups excluding carboxylic acids is 1. The summed E-state index contributed by atoms with van der Waals surface area (Å²) < 4.78 is 5.59. The number of ether oxygens (including phenoxy) is 1. The molecule has 0 aromatic heterocycles. The van der Waals surface area contributed by atoms with Gasteiger partial charge in [0.05, 0.1) is 17.9 Å². The van der Waals surface area contributed by atoms with Gasteiger partial charge in [-0.3, -0.25) is 4.79 Å².